The molecule has 0 bridgehead atoms. The Morgan fingerprint density at radius 2 is 2.00 bits per heavy atom. The first kappa shape index (κ1) is 15.0. The molecule has 1 aromatic rings. The van der Waals surface area contributed by atoms with Gasteiger partial charge in [0, 0.05) is 24.3 Å². The molecule has 100 valence electrons. The topological polar surface area (TPSA) is 23.6 Å². The fourth-order valence-electron chi connectivity index (χ4n) is 1.86. The molecule has 4 heteroatoms. The lowest BCUT2D eigenvalue weighted by Gasteiger charge is -2.24. The second-order valence-corrected chi connectivity index (χ2v) is 4.97. The van der Waals surface area contributed by atoms with Gasteiger partial charge in [0.15, 0.2) is 6.29 Å². The molecule has 0 fully saturated rings. The minimum absolute atomic E-state index is 0.522. The summed E-state index contributed by atoms with van der Waals surface area (Å²) in [5.74, 6) is 0. The lowest BCUT2D eigenvalue weighted by molar-refractivity contribution is 0.112. The van der Waals surface area contributed by atoms with Crippen LogP contribution in [-0.4, -0.2) is 44.9 Å². The molecule has 0 atom stereocenters. The molecular formula is C14H21ClN2O. The molecule has 0 radical (unpaired) electrons. The Morgan fingerprint density at radius 3 is 2.50 bits per heavy atom. The lowest BCUT2D eigenvalue weighted by Crippen LogP contribution is -2.27. The van der Waals surface area contributed by atoms with Crippen molar-refractivity contribution in [1.29, 1.82) is 0 Å². The van der Waals surface area contributed by atoms with Crippen molar-refractivity contribution in [2.75, 3.05) is 38.6 Å². The number of aldehydes is 1. The van der Waals surface area contributed by atoms with E-state index in [0.717, 1.165) is 38.0 Å². The van der Waals surface area contributed by atoms with Gasteiger partial charge in [0.25, 0.3) is 0 Å². The van der Waals surface area contributed by atoms with Crippen molar-refractivity contribution in [1.82, 2.24) is 4.90 Å². The maximum atomic E-state index is 10.7. The molecule has 3 nitrogen and oxygen atoms in total. The first-order valence-corrected chi connectivity index (χ1v) is 6.60. The van der Waals surface area contributed by atoms with Crippen LogP contribution in [0.15, 0.2) is 18.2 Å². The van der Waals surface area contributed by atoms with Crippen molar-refractivity contribution < 1.29 is 4.79 Å². The summed E-state index contributed by atoms with van der Waals surface area (Å²) in [5, 5.41) is 0.522. The van der Waals surface area contributed by atoms with E-state index in [1.165, 1.54) is 0 Å². The molecule has 0 heterocycles. The second kappa shape index (κ2) is 7.39. The van der Waals surface area contributed by atoms with Crippen LogP contribution in [-0.2, 0) is 0 Å². The zero-order valence-corrected chi connectivity index (χ0v) is 12.1. The molecule has 0 aromatic heterocycles. The summed E-state index contributed by atoms with van der Waals surface area (Å²) in [6, 6.07) is 5.60. The number of hydrogen-bond donors (Lipinski definition) is 0. The van der Waals surface area contributed by atoms with E-state index < -0.39 is 0 Å². The third kappa shape index (κ3) is 4.31. The SMILES string of the molecule is CCN(CCCN(C)C)c1ccc(C=O)c(Cl)c1. The summed E-state index contributed by atoms with van der Waals surface area (Å²) in [7, 11) is 4.15. The molecule has 0 N–H and O–H groups in total. The largest absolute Gasteiger partial charge is 0.372 e. The van der Waals surface area contributed by atoms with E-state index in [0.29, 0.717) is 10.6 Å². The second-order valence-electron chi connectivity index (χ2n) is 4.56. The first-order valence-electron chi connectivity index (χ1n) is 6.23. The van der Waals surface area contributed by atoms with Gasteiger partial charge in [-0.1, -0.05) is 11.6 Å². The van der Waals surface area contributed by atoms with Gasteiger partial charge < -0.3 is 9.80 Å². The predicted molar refractivity (Wildman–Crippen MR) is 77.9 cm³/mol. The van der Waals surface area contributed by atoms with Crippen molar-refractivity contribution in [3.05, 3.63) is 28.8 Å². The van der Waals surface area contributed by atoms with Crippen LogP contribution in [0.4, 0.5) is 5.69 Å². The van der Waals surface area contributed by atoms with E-state index in [1.807, 2.05) is 12.1 Å². The van der Waals surface area contributed by atoms with E-state index in [-0.39, 0.29) is 0 Å². The zero-order chi connectivity index (χ0) is 13.5. The highest BCUT2D eigenvalue weighted by Gasteiger charge is 2.07. The van der Waals surface area contributed by atoms with Gasteiger partial charge >= 0.3 is 0 Å². The highest BCUT2D eigenvalue weighted by Crippen LogP contribution is 2.22. The summed E-state index contributed by atoms with van der Waals surface area (Å²) in [6.45, 7) is 5.11. The van der Waals surface area contributed by atoms with Crippen LogP contribution in [0, 0.1) is 0 Å². The minimum Gasteiger partial charge on any atom is -0.372 e. The Kier molecular flexibility index (Phi) is 6.16. The fourth-order valence-corrected chi connectivity index (χ4v) is 2.08. The molecule has 1 aromatic carbocycles. The van der Waals surface area contributed by atoms with Gasteiger partial charge in [-0.05, 0) is 52.2 Å². The number of nitrogens with zero attached hydrogens (tertiary/aromatic N) is 2. The highest BCUT2D eigenvalue weighted by molar-refractivity contribution is 6.33. The van der Waals surface area contributed by atoms with Crippen molar-refractivity contribution in [2.45, 2.75) is 13.3 Å². The van der Waals surface area contributed by atoms with E-state index in [4.69, 9.17) is 11.6 Å². The predicted octanol–water partition coefficient (Wildman–Crippen LogP) is 2.93. The molecule has 0 aliphatic heterocycles. The Bertz CT molecular complexity index is 393. The standard InChI is InChI=1S/C14H21ClN2O/c1-4-17(9-5-8-16(2)3)13-7-6-12(11-18)14(15)10-13/h6-7,10-11H,4-5,8-9H2,1-3H3. The molecule has 0 aliphatic carbocycles. The Labute approximate surface area is 114 Å². The third-order valence-electron chi connectivity index (χ3n) is 2.89. The average Bonchev–Trinajstić information content (AvgIpc) is 2.34. The lowest BCUT2D eigenvalue weighted by atomic mass is 10.2. The summed E-state index contributed by atoms with van der Waals surface area (Å²) in [5.41, 5.74) is 1.62. The number of benzene rings is 1. The van der Waals surface area contributed by atoms with E-state index >= 15 is 0 Å². The van der Waals surface area contributed by atoms with Crippen LogP contribution >= 0.6 is 11.6 Å². The van der Waals surface area contributed by atoms with Crippen LogP contribution < -0.4 is 4.90 Å². The van der Waals surface area contributed by atoms with Gasteiger partial charge in [0.2, 0.25) is 0 Å². The molecule has 0 saturated carbocycles. The normalized spacial score (nSPS) is 10.7. The Balaban J connectivity index is 2.69. The van der Waals surface area contributed by atoms with Gasteiger partial charge in [0.05, 0.1) is 5.02 Å². The summed E-state index contributed by atoms with van der Waals surface area (Å²) < 4.78 is 0. The molecule has 0 unspecified atom stereocenters. The van der Waals surface area contributed by atoms with Gasteiger partial charge in [-0.25, -0.2) is 0 Å². The number of hydrogen-bond acceptors (Lipinski definition) is 3. The molecule has 1 rings (SSSR count). The van der Waals surface area contributed by atoms with Crippen molar-refractivity contribution >= 4 is 23.6 Å². The van der Waals surface area contributed by atoms with E-state index in [9.17, 15) is 4.79 Å². The van der Waals surface area contributed by atoms with Crippen LogP contribution in [0.25, 0.3) is 0 Å². The molecule has 18 heavy (non-hydrogen) atoms. The van der Waals surface area contributed by atoms with E-state index in [2.05, 4.69) is 30.8 Å². The van der Waals surface area contributed by atoms with E-state index in [1.54, 1.807) is 6.07 Å². The van der Waals surface area contributed by atoms with Gasteiger partial charge in [-0.15, -0.1) is 0 Å². The van der Waals surface area contributed by atoms with Gasteiger partial charge in [-0.2, -0.15) is 0 Å². The molecule has 0 saturated heterocycles. The Morgan fingerprint density at radius 1 is 1.28 bits per heavy atom. The van der Waals surface area contributed by atoms with Gasteiger partial charge in [0.1, 0.15) is 0 Å². The van der Waals surface area contributed by atoms with Crippen LogP contribution in [0.1, 0.15) is 23.7 Å². The number of carbonyl (C=O) groups is 1. The number of anilines is 1. The van der Waals surface area contributed by atoms with Crippen LogP contribution in [0.2, 0.25) is 5.02 Å². The minimum atomic E-state index is 0.522. The summed E-state index contributed by atoms with van der Waals surface area (Å²) in [6.07, 6.45) is 1.89. The summed E-state index contributed by atoms with van der Waals surface area (Å²) in [4.78, 5) is 15.2. The van der Waals surface area contributed by atoms with Crippen molar-refractivity contribution in [2.24, 2.45) is 0 Å². The van der Waals surface area contributed by atoms with Crippen LogP contribution in [0.3, 0.4) is 0 Å². The van der Waals surface area contributed by atoms with Gasteiger partial charge in [-0.3, -0.25) is 4.79 Å². The third-order valence-corrected chi connectivity index (χ3v) is 3.22. The smallest absolute Gasteiger partial charge is 0.151 e. The number of carbonyl (C=O) groups excluding carboxylic acids is 1. The Hall–Kier alpha value is -1.06. The first-order chi connectivity index (χ1) is 8.58. The van der Waals surface area contributed by atoms with Crippen molar-refractivity contribution in [3.63, 3.8) is 0 Å². The molecule has 0 aliphatic rings. The molecule has 0 amide bonds. The molecule has 0 spiro atoms. The van der Waals surface area contributed by atoms with Crippen molar-refractivity contribution in [3.8, 4) is 0 Å². The monoisotopic (exact) mass is 268 g/mol. The summed E-state index contributed by atoms with van der Waals surface area (Å²) >= 11 is 6.05. The number of halogens is 1. The maximum Gasteiger partial charge on any atom is 0.151 e. The molecular weight excluding hydrogens is 248 g/mol. The quantitative estimate of drug-likeness (QED) is 0.711. The number of rotatable bonds is 7. The average molecular weight is 269 g/mol. The highest BCUT2D eigenvalue weighted by atomic mass is 35.5. The van der Waals surface area contributed by atoms with Crippen LogP contribution in [0.5, 0.6) is 0 Å². The fraction of sp³-hybridized carbons (Fsp3) is 0.500. The maximum absolute atomic E-state index is 10.7. The zero-order valence-electron chi connectivity index (χ0n) is 11.3.